The molecule has 2 heteroatoms. The second-order valence-electron chi connectivity index (χ2n) is 8.32. The van der Waals surface area contributed by atoms with Crippen LogP contribution in [0.15, 0.2) is 109 Å². The van der Waals surface area contributed by atoms with Gasteiger partial charge in [-0.1, -0.05) is 48.5 Å². The Bertz CT molecular complexity index is 1470. The zero-order valence-electron chi connectivity index (χ0n) is 17.7. The van der Waals surface area contributed by atoms with Gasteiger partial charge >= 0.3 is 0 Å². The van der Waals surface area contributed by atoms with E-state index in [0.29, 0.717) is 0 Å². The van der Waals surface area contributed by atoms with Crippen molar-refractivity contribution in [3.05, 3.63) is 126 Å². The number of allylic oxidation sites excluding steroid dienone is 5. The van der Waals surface area contributed by atoms with E-state index in [2.05, 4.69) is 127 Å². The van der Waals surface area contributed by atoms with Crippen molar-refractivity contribution in [2.45, 2.75) is 0 Å². The Morgan fingerprint density at radius 1 is 0.677 bits per heavy atom. The Kier molecular flexibility index (Phi) is 3.94. The number of pyridine rings is 1. The van der Waals surface area contributed by atoms with Gasteiger partial charge in [-0.3, -0.25) is 0 Å². The van der Waals surface area contributed by atoms with Gasteiger partial charge in [0.2, 0.25) is 0 Å². The van der Waals surface area contributed by atoms with Gasteiger partial charge in [-0.15, -0.1) is 0 Å². The van der Waals surface area contributed by atoms with E-state index in [9.17, 15) is 0 Å². The van der Waals surface area contributed by atoms with Crippen molar-refractivity contribution in [2.75, 3.05) is 7.05 Å². The van der Waals surface area contributed by atoms with Gasteiger partial charge in [-0.25, -0.2) is 4.57 Å². The first-order valence-corrected chi connectivity index (χ1v) is 10.6. The average Bonchev–Trinajstić information content (AvgIpc) is 3.21. The lowest BCUT2D eigenvalue weighted by atomic mass is 9.87. The summed E-state index contributed by atoms with van der Waals surface area (Å²) in [5.74, 6) is 0. The number of aromatic nitrogens is 1. The summed E-state index contributed by atoms with van der Waals surface area (Å²) < 4.78 is 2.08. The third kappa shape index (κ3) is 2.76. The van der Waals surface area contributed by atoms with E-state index in [1.54, 1.807) is 0 Å². The predicted molar refractivity (Wildman–Crippen MR) is 129 cm³/mol. The van der Waals surface area contributed by atoms with E-state index >= 15 is 0 Å². The molecule has 3 aromatic carbocycles. The number of hydrogen-bond donors (Lipinski definition) is 0. The Morgan fingerprint density at radius 3 is 1.84 bits per heavy atom. The molecule has 0 fully saturated rings. The predicted octanol–water partition coefficient (Wildman–Crippen LogP) is 5.99. The number of rotatable bonds is 1. The molecule has 2 nitrogen and oxygen atoms in total. The molecular weight excluding hydrogens is 376 g/mol. The monoisotopic (exact) mass is 399 g/mol. The summed E-state index contributed by atoms with van der Waals surface area (Å²) in [6, 6.07) is 22.1. The molecule has 0 radical (unpaired) electrons. The van der Waals surface area contributed by atoms with Crippen LogP contribution in [0.5, 0.6) is 0 Å². The van der Waals surface area contributed by atoms with Crippen LogP contribution < -0.4 is 4.57 Å². The maximum Gasteiger partial charge on any atom is 0.169 e. The zero-order chi connectivity index (χ0) is 20.9. The zero-order valence-corrected chi connectivity index (χ0v) is 17.7. The molecule has 0 atom stereocenters. The third-order valence-electron chi connectivity index (χ3n) is 6.34. The van der Waals surface area contributed by atoms with Crippen LogP contribution in [0, 0.1) is 0 Å². The van der Waals surface area contributed by atoms with Crippen LogP contribution in [0.4, 0.5) is 0 Å². The van der Waals surface area contributed by atoms with Gasteiger partial charge in [0, 0.05) is 31.6 Å². The molecule has 4 aromatic rings. The quantitative estimate of drug-likeness (QED) is 0.282. The minimum atomic E-state index is 1.25. The standard InChI is InChI=1S/C29H23N2/c1-30-15-11-20(12-16-30)26-19-27(21-13-17-31(2)18-14-21)29-25-10-6-4-8-23(25)22-7-3-5-9-24(22)28(26)29/h3-19H,1-2H3/q+1. The maximum absolute atomic E-state index is 2.38. The van der Waals surface area contributed by atoms with E-state index < -0.39 is 0 Å². The van der Waals surface area contributed by atoms with Crippen molar-refractivity contribution in [3.63, 3.8) is 0 Å². The van der Waals surface area contributed by atoms with Crippen molar-refractivity contribution < 1.29 is 4.57 Å². The van der Waals surface area contributed by atoms with E-state index in [1.807, 2.05) is 0 Å². The third-order valence-corrected chi connectivity index (χ3v) is 6.34. The Labute approximate surface area is 182 Å². The summed E-state index contributed by atoms with van der Waals surface area (Å²) in [6.07, 6.45) is 15.3. The highest BCUT2D eigenvalue weighted by Crippen LogP contribution is 2.48. The number of aryl methyl sites for hydroxylation is 1. The van der Waals surface area contributed by atoms with Crippen molar-refractivity contribution in [1.29, 1.82) is 0 Å². The van der Waals surface area contributed by atoms with E-state index in [0.717, 1.165) is 0 Å². The minimum absolute atomic E-state index is 1.25. The first-order valence-electron chi connectivity index (χ1n) is 10.6. The van der Waals surface area contributed by atoms with Gasteiger partial charge in [0.25, 0.3) is 0 Å². The summed E-state index contributed by atoms with van der Waals surface area (Å²) >= 11 is 0. The molecule has 0 bridgehead atoms. The maximum atomic E-state index is 2.38. The summed E-state index contributed by atoms with van der Waals surface area (Å²) in [6.45, 7) is 0. The Hall–Kier alpha value is -3.91. The summed E-state index contributed by atoms with van der Waals surface area (Å²) in [4.78, 5) is 2.08. The minimum Gasteiger partial charge on any atom is -0.357 e. The van der Waals surface area contributed by atoms with Gasteiger partial charge in [0.05, 0.1) is 0 Å². The van der Waals surface area contributed by atoms with Crippen molar-refractivity contribution in [2.24, 2.45) is 7.05 Å². The molecule has 148 valence electrons. The van der Waals surface area contributed by atoms with Gasteiger partial charge in [-0.2, -0.15) is 0 Å². The number of benzene rings is 3. The van der Waals surface area contributed by atoms with Gasteiger partial charge < -0.3 is 4.90 Å². The first-order chi connectivity index (χ1) is 15.2. The number of hydrogen-bond acceptors (Lipinski definition) is 1. The molecule has 0 spiro atoms. The molecular formula is C29H23N2+. The topological polar surface area (TPSA) is 7.12 Å². The van der Waals surface area contributed by atoms with Crippen molar-refractivity contribution in [1.82, 2.24) is 4.90 Å². The number of fused-ring (bicyclic) bond motifs is 6. The second kappa shape index (κ2) is 6.82. The highest BCUT2D eigenvalue weighted by atomic mass is 15.0. The molecule has 0 saturated heterocycles. The van der Waals surface area contributed by atoms with Crippen LogP contribution >= 0.6 is 0 Å². The lowest BCUT2D eigenvalue weighted by Crippen LogP contribution is -2.25. The second-order valence-corrected chi connectivity index (χ2v) is 8.32. The average molecular weight is 400 g/mol. The van der Waals surface area contributed by atoms with E-state index in [4.69, 9.17) is 0 Å². The summed E-state index contributed by atoms with van der Waals surface area (Å²) in [5, 5.41) is 5.24. The van der Waals surface area contributed by atoms with Crippen LogP contribution in [-0.4, -0.2) is 11.9 Å². The molecule has 0 N–H and O–H groups in total. The lowest BCUT2D eigenvalue weighted by molar-refractivity contribution is -0.671. The molecule has 2 aliphatic rings. The largest absolute Gasteiger partial charge is 0.357 e. The van der Waals surface area contributed by atoms with Crippen LogP contribution in [-0.2, 0) is 7.05 Å². The molecule has 0 saturated carbocycles. The van der Waals surface area contributed by atoms with E-state index in [1.165, 1.54) is 55.0 Å². The lowest BCUT2D eigenvalue weighted by Gasteiger charge is -2.17. The van der Waals surface area contributed by atoms with Gasteiger partial charge in [0.15, 0.2) is 12.4 Å². The number of nitrogens with zero attached hydrogens (tertiary/aromatic N) is 2. The van der Waals surface area contributed by atoms with Gasteiger partial charge in [-0.05, 0) is 73.2 Å². The molecule has 2 heterocycles. The molecule has 0 unspecified atom stereocenters. The van der Waals surface area contributed by atoms with Crippen LogP contribution in [0.3, 0.4) is 0 Å². The molecule has 0 amide bonds. The fraction of sp³-hybridized carbons (Fsp3) is 0.0690. The Balaban J connectivity index is 1.78. The molecule has 1 aromatic heterocycles. The smallest absolute Gasteiger partial charge is 0.169 e. The van der Waals surface area contributed by atoms with Crippen LogP contribution in [0.1, 0.15) is 16.7 Å². The van der Waals surface area contributed by atoms with Crippen LogP contribution in [0.2, 0.25) is 0 Å². The highest BCUT2D eigenvalue weighted by Gasteiger charge is 2.27. The highest BCUT2D eigenvalue weighted by molar-refractivity contribution is 6.22. The molecule has 6 rings (SSSR count). The van der Waals surface area contributed by atoms with Gasteiger partial charge in [0.1, 0.15) is 7.05 Å². The summed E-state index contributed by atoms with van der Waals surface area (Å²) in [5.41, 5.74) is 7.76. The molecule has 1 aliphatic heterocycles. The molecule has 31 heavy (non-hydrogen) atoms. The molecule has 1 aliphatic carbocycles. The van der Waals surface area contributed by atoms with Crippen LogP contribution in [0.25, 0.3) is 32.7 Å². The van der Waals surface area contributed by atoms with E-state index in [-0.39, 0.29) is 0 Å². The Morgan fingerprint density at radius 2 is 1.23 bits per heavy atom. The van der Waals surface area contributed by atoms with Crippen molar-refractivity contribution >= 4 is 32.7 Å². The SMILES string of the molecule is CN1C=CC(=C2C=C(c3cc[n+](C)cc3)c3c2c2ccccc2c2ccccc32)C=C1. The first kappa shape index (κ1) is 17.9. The fourth-order valence-electron chi connectivity index (χ4n) is 4.81. The summed E-state index contributed by atoms with van der Waals surface area (Å²) in [7, 11) is 4.12. The normalized spacial score (nSPS) is 15.2. The fourth-order valence-corrected chi connectivity index (χ4v) is 4.81. The van der Waals surface area contributed by atoms with Crippen molar-refractivity contribution in [3.8, 4) is 0 Å².